The van der Waals surface area contributed by atoms with Crippen molar-refractivity contribution in [3.05, 3.63) is 70.4 Å². The van der Waals surface area contributed by atoms with Crippen LogP contribution in [0.1, 0.15) is 43.5 Å². The first kappa shape index (κ1) is 23.2. The zero-order chi connectivity index (χ0) is 23.3. The second-order valence-electron chi connectivity index (χ2n) is 7.89. The highest BCUT2D eigenvalue weighted by atomic mass is 16.5. The fourth-order valence-electron chi connectivity index (χ4n) is 3.74. The zero-order valence-electron chi connectivity index (χ0n) is 19.2. The Morgan fingerprint density at radius 2 is 1.91 bits per heavy atom. The van der Waals surface area contributed by atoms with Gasteiger partial charge in [-0.1, -0.05) is 55.8 Å². The molecule has 1 heterocycles. The van der Waals surface area contributed by atoms with Gasteiger partial charge in [0, 0.05) is 11.3 Å². The molecule has 0 saturated heterocycles. The molecule has 0 saturated carbocycles. The zero-order valence-corrected chi connectivity index (χ0v) is 19.2. The minimum absolute atomic E-state index is 0.0924. The number of urea groups is 1. The summed E-state index contributed by atoms with van der Waals surface area (Å²) in [5, 5.41) is 5.64. The molecule has 170 valence electrons. The lowest BCUT2D eigenvalue weighted by molar-refractivity contribution is -0.139. The fourth-order valence-corrected chi connectivity index (χ4v) is 3.74. The SMILES string of the molecule is CCOC(=O)C1=C(C(C)C)NC(=O)NC1c1cccc(OC)c1OCc1cccc(C)c1. The molecule has 2 aromatic carbocycles. The minimum atomic E-state index is -0.747. The van der Waals surface area contributed by atoms with Crippen molar-refractivity contribution in [1.29, 1.82) is 0 Å². The lowest BCUT2D eigenvalue weighted by atomic mass is 9.90. The normalized spacial score (nSPS) is 15.8. The maximum atomic E-state index is 12.9. The summed E-state index contributed by atoms with van der Waals surface area (Å²) in [5.41, 5.74) is 3.64. The highest BCUT2D eigenvalue weighted by molar-refractivity contribution is 5.95. The van der Waals surface area contributed by atoms with Crippen LogP contribution in [0.2, 0.25) is 0 Å². The van der Waals surface area contributed by atoms with E-state index >= 15 is 0 Å². The number of aryl methyl sites for hydroxylation is 1. The summed E-state index contributed by atoms with van der Waals surface area (Å²) in [6.07, 6.45) is 0. The van der Waals surface area contributed by atoms with Gasteiger partial charge in [0.2, 0.25) is 0 Å². The van der Waals surface area contributed by atoms with Crippen LogP contribution in [0, 0.1) is 12.8 Å². The molecule has 0 aliphatic carbocycles. The Kier molecular flexibility index (Phi) is 7.41. The number of benzene rings is 2. The number of nitrogens with one attached hydrogen (secondary N) is 2. The molecule has 7 nitrogen and oxygen atoms in total. The molecule has 1 aliphatic heterocycles. The minimum Gasteiger partial charge on any atom is -0.493 e. The van der Waals surface area contributed by atoms with Gasteiger partial charge >= 0.3 is 12.0 Å². The summed E-state index contributed by atoms with van der Waals surface area (Å²) in [5.74, 6) is 0.400. The molecule has 1 unspecified atom stereocenters. The van der Waals surface area contributed by atoms with Crippen molar-refractivity contribution in [2.45, 2.75) is 40.3 Å². The Morgan fingerprint density at radius 3 is 2.56 bits per heavy atom. The molecule has 0 bridgehead atoms. The van der Waals surface area contributed by atoms with E-state index in [9.17, 15) is 9.59 Å². The molecule has 0 radical (unpaired) electrons. The molecule has 2 N–H and O–H groups in total. The second kappa shape index (κ2) is 10.2. The number of hydrogen-bond donors (Lipinski definition) is 2. The van der Waals surface area contributed by atoms with E-state index in [0.717, 1.165) is 11.1 Å². The summed E-state index contributed by atoms with van der Waals surface area (Å²) in [4.78, 5) is 25.4. The van der Waals surface area contributed by atoms with E-state index in [1.807, 2.05) is 51.1 Å². The third kappa shape index (κ3) is 5.04. The predicted octanol–water partition coefficient (Wildman–Crippen LogP) is 4.41. The van der Waals surface area contributed by atoms with Crippen LogP contribution in [-0.4, -0.2) is 25.7 Å². The standard InChI is InChI=1S/C25H30N2O5/c1-6-31-24(28)20-21(15(2)3)26-25(29)27-22(20)18-11-8-12-19(30-5)23(18)32-14-17-10-7-9-16(4)13-17/h7-13,15,22H,6,14H2,1-5H3,(H2,26,27,29). The van der Waals surface area contributed by atoms with Crippen LogP contribution in [0.25, 0.3) is 0 Å². The number of ether oxygens (including phenoxy) is 3. The average Bonchev–Trinajstić information content (AvgIpc) is 2.76. The molecule has 0 fully saturated rings. The molecule has 1 atom stereocenters. The van der Waals surface area contributed by atoms with Gasteiger partial charge in [0.05, 0.1) is 25.3 Å². The van der Waals surface area contributed by atoms with Crippen molar-refractivity contribution >= 4 is 12.0 Å². The number of hydrogen-bond acceptors (Lipinski definition) is 5. The van der Waals surface area contributed by atoms with Crippen LogP contribution in [0.4, 0.5) is 4.79 Å². The molecule has 3 rings (SSSR count). The van der Waals surface area contributed by atoms with E-state index in [1.165, 1.54) is 0 Å². The highest BCUT2D eigenvalue weighted by Crippen LogP contribution is 2.40. The summed E-state index contributed by atoms with van der Waals surface area (Å²) >= 11 is 0. The van der Waals surface area contributed by atoms with Gasteiger partial charge < -0.3 is 24.8 Å². The van der Waals surface area contributed by atoms with Crippen LogP contribution < -0.4 is 20.1 Å². The number of rotatable bonds is 8. The van der Waals surface area contributed by atoms with Gasteiger partial charge in [-0.2, -0.15) is 0 Å². The van der Waals surface area contributed by atoms with Gasteiger partial charge in [0.1, 0.15) is 6.61 Å². The number of amides is 2. The number of carbonyl (C=O) groups excluding carboxylic acids is 2. The van der Waals surface area contributed by atoms with Crippen LogP contribution in [-0.2, 0) is 16.1 Å². The topological polar surface area (TPSA) is 85.9 Å². The number of allylic oxidation sites excluding steroid dienone is 1. The van der Waals surface area contributed by atoms with Crippen LogP contribution in [0.5, 0.6) is 11.5 Å². The molecule has 2 amide bonds. The Balaban J connectivity index is 2.08. The lowest BCUT2D eigenvalue weighted by Crippen LogP contribution is -2.47. The Hall–Kier alpha value is -3.48. The summed E-state index contributed by atoms with van der Waals surface area (Å²) in [6, 6.07) is 12.3. The number of esters is 1. The first-order valence-electron chi connectivity index (χ1n) is 10.7. The maximum Gasteiger partial charge on any atom is 0.338 e. The monoisotopic (exact) mass is 438 g/mol. The fraction of sp³-hybridized carbons (Fsp3) is 0.360. The van der Waals surface area contributed by atoms with Crippen molar-refractivity contribution in [1.82, 2.24) is 10.6 Å². The number of methoxy groups -OCH3 is 1. The van der Waals surface area contributed by atoms with E-state index in [4.69, 9.17) is 14.2 Å². The summed E-state index contributed by atoms with van der Waals surface area (Å²) < 4.78 is 17.1. The van der Waals surface area contributed by atoms with E-state index in [1.54, 1.807) is 26.2 Å². The molecule has 0 spiro atoms. The van der Waals surface area contributed by atoms with Gasteiger partial charge in [-0.05, 0) is 31.4 Å². The first-order chi connectivity index (χ1) is 15.3. The van der Waals surface area contributed by atoms with E-state index < -0.39 is 12.0 Å². The first-order valence-corrected chi connectivity index (χ1v) is 10.7. The van der Waals surface area contributed by atoms with Gasteiger partial charge in [0.15, 0.2) is 11.5 Å². The second-order valence-corrected chi connectivity index (χ2v) is 7.89. The van der Waals surface area contributed by atoms with Crippen molar-refractivity contribution in [2.75, 3.05) is 13.7 Å². The summed E-state index contributed by atoms with van der Waals surface area (Å²) in [6.45, 7) is 8.13. The van der Waals surface area contributed by atoms with Gasteiger partial charge in [-0.15, -0.1) is 0 Å². The van der Waals surface area contributed by atoms with Crippen molar-refractivity contribution in [2.24, 2.45) is 5.92 Å². The molecule has 7 heteroatoms. The number of para-hydroxylation sites is 1. The molecule has 0 aromatic heterocycles. The largest absolute Gasteiger partial charge is 0.493 e. The van der Waals surface area contributed by atoms with Crippen LogP contribution in [0.15, 0.2) is 53.7 Å². The Bertz CT molecular complexity index is 1030. The van der Waals surface area contributed by atoms with Crippen LogP contribution >= 0.6 is 0 Å². The maximum absolute atomic E-state index is 12.9. The van der Waals surface area contributed by atoms with Gasteiger partial charge in [0.25, 0.3) is 0 Å². The molecule has 32 heavy (non-hydrogen) atoms. The Morgan fingerprint density at radius 1 is 1.16 bits per heavy atom. The lowest BCUT2D eigenvalue weighted by Gasteiger charge is -2.32. The van der Waals surface area contributed by atoms with Crippen molar-refractivity contribution in [3.63, 3.8) is 0 Å². The van der Waals surface area contributed by atoms with Crippen molar-refractivity contribution in [3.8, 4) is 11.5 Å². The molecule has 2 aromatic rings. The summed E-state index contributed by atoms with van der Waals surface area (Å²) in [7, 11) is 1.56. The highest BCUT2D eigenvalue weighted by Gasteiger charge is 2.36. The van der Waals surface area contributed by atoms with E-state index in [0.29, 0.717) is 34.9 Å². The van der Waals surface area contributed by atoms with Crippen LogP contribution in [0.3, 0.4) is 0 Å². The molecular formula is C25H30N2O5. The third-order valence-electron chi connectivity index (χ3n) is 5.18. The Labute approximate surface area is 188 Å². The molecule has 1 aliphatic rings. The quantitative estimate of drug-likeness (QED) is 0.597. The smallest absolute Gasteiger partial charge is 0.338 e. The third-order valence-corrected chi connectivity index (χ3v) is 5.18. The average molecular weight is 439 g/mol. The molecular weight excluding hydrogens is 408 g/mol. The van der Waals surface area contributed by atoms with Gasteiger partial charge in [-0.3, -0.25) is 0 Å². The van der Waals surface area contributed by atoms with E-state index in [-0.39, 0.29) is 18.6 Å². The van der Waals surface area contributed by atoms with Crippen molar-refractivity contribution < 1.29 is 23.8 Å². The number of carbonyl (C=O) groups is 2. The predicted molar refractivity (Wildman–Crippen MR) is 121 cm³/mol. The van der Waals surface area contributed by atoms with E-state index in [2.05, 4.69) is 10.6 Å². The van der Waals surface area contributed by atoms with Gasteiger partial charge in [-0.25, -0.2) is 9.59 Å².